The molecule has 1 atom stereocenters. The summed E-state index contributed by atoms with van der Waals surface area (Å²) in [6, 6.07) is 5.64. The van der Waals surface area contributed by atoms with Gasteiger partial charge in [-0.15, -0.1) is 0 Å². The maximum absolute atomic E-state index is 6.04. The van der Waals surface area contributed by atoms with Crippen molar-refractivity contribution in [3.8, 4) is 0 Å². The molecule has 2 aromatic rings. The van der Waals surface area contributed by atoms with E-state index in [9.17, 15) is 0 Å². The highest BCUT2D eigenvalue weighted by molar-refractivity contribution is 6.33. The molecule has 0 fully saturated rings. The number of nitrogen functional groups attached to an aromatic ring is 1. The fourth-order valence-electron chi connectivity index (χ4n) is 1.48. The first-order valence-corrected chi connectivity index (χ1v) is 5.62. The van der Waals surface area contributed by atoms with Gasteiger partial charge in [-0.3, -0.25) is 4.98 Å². The zero-order chi connectivity index (χ0) is 12.3. The molecule has 3 N–H and O–H groups in total. The van der Waals surface area contributed by atoms with Gasteiger partial charge < -0.3 is 11.1 Å². The second-order valence-corrected chi connectivity index (χ2v) is 4.16. The van der Waals surface area contributed by atoms with E-state index in [1.807, 2.05) is 25.3 Å². The normalized spacial score (nSPS) is 12.1. The Morgan fingerprint density at radius 3 is 2.88 bits per heavy atom. The first-order chi connectivity index (χ1) is 8.16. The van der Waals surface area contributed by atoms with Gasteiger partial charge in [0.25, 0.3) is 0 Å². The van der Waals surface area contributed by atoms with Crippen LogP contribution in [0.25, 0.3) is 0 Å². The van der Waals surface area contributed by atoms with E-state index in [1.165, 1.54) is 0 Å². The minimum Gasteiger partial charge on any atom is -0.397 e. The number of nitrogens with zero attached hydrogens (tertiary/aromatic N) is 2. The summed E-state index contributed by atoms with van der Waals surface area (Å²) in [6.45, 7) is 2.02. The molecule has 0 aromatic carbocycles. The van der Waals surface area contributed by atoms with E-state index in [1.54, 1.807) is 18.5 Å². The predicted molar refractivity (Wildman–Crippen MR) is 69.9 cm³/mol. The lowest BCUT2D eigenvalue weighted by atomic mass is 10.1. The van der Waals surface area contributed by atoms with Crippen molar-refractivity contribution in [1.82, 2.24) is 9.97 Å². The topological polar surface area (TPSA) is 63.8 Å². The number of halogens is 1. The van der Waals surface area contributed by atoms with E-state index < -0.39 is 0 Å². The highest BCUT2D eigenvalue weighted by atomic mass is 35.5. The molecular weight excluding hydrogens is 236 g/mol. The van der Waals surface area contributed by atoms with E-state index in [0.29, 0.717) is 16.5 Å². The van der Waals surface area contributed by atoms with Crippen molar-refractivity contribution < 1.29 is 0 Å². The number of nitrogens with two attached hydrogens (primary N) is 1. The largest absolute Gasteiger partial charge is 0.397 e. The van der Waals surface area contributed by atoms with Crippen LogP contribution in [-0.4, -0.2) is 9.97 Å². The van der Waals surface area contributed by atoms with Gasteiger partial charge in [-0.2, -0.15) is 0 Å². The van der Waals surface area contributed by atoms with Crippen molar-refractivity contribution in [3.05, 3.63) is 47.4 Å². The minimum absolute atomic E-state index is 0.0809. The number of nitrogens with one attached hydrogen (secondary N) is 1. The number of hydrogen-bond acceptors (Lipinski definition) is 4. The number of hydrogen-bond donors (Lipinski definition) is 2. The fraction of sp³-hybridized carbons (Fsp3) is 0.167. The summed E-state index contributed by atoms with van der Waals surface area (Å²) >= 11 is 6.04. The van der Waals surface area contributed by atoms with Gasteiger partial charge >= 0.3 is 0 Å². The number of anilines is 2. The molecule has 4 nitrogen and oxygen atoms in total. The molecule has 2 heterocycles. The standard InChI is InChI=1S/C12H13ClN4/c1-8(9-3-2-4-15-6-9)17-12-11(13)5-10(14)7-16-12/h2-8H,14H2,1H3,(H,16,17). The van der Waals surface area contributed by atoms with Crippen molar-refractivity contribution in [2.24, 2.45) is 0 Å². The summed E-state index contributed by atoms with van der Waals surface area (Å²) < 4.78 is 0. The van der Waals surface area contributed by atoms with Gasteiger partial charge in [0.1, 0.15) is 5.82 Å². The third-order valence-electron chi connectivity index (χ3n) is 2.40. The second-order valence-electron chi connectivity index (χ2n) is 3.75. The van der Waals surface area contributed by atoms with Gasteiger partial charge in [0.15, 0.2) is 0 Å². The Kier molecular flexibility index (Phi) is 3.44. The van der Waals surface area contributed by atoms with E-state index in [2.05, 4.69) is 15.3 Å². The fourth-order valence-corrected chi connectivity index (χ4v) is 1.71. The highest BCUT2D eigenvalue weighted by Gasteiger charge is 2.08. The maximum Gasteiger partial charge on any atom is 0.145 e. The summed E-state index contributed by atoms with van der Waals surface area (Å²) in [6.07, 6.45) is 5.12. The van der Waals surface area contributed by atoms with E-state index in [0.717, 1.165) is 5.56 Å². The third-order valence-corrected chi connectivity index (χ3v) is 2.69. The van der Waals surface area contributed by atoms with Gasteiger partial charge in [0, 0.05) is 12.4 Å². The van der Waals surface area contributed by atoms with Crippen molar-refractivity contribution >= 4 is 23.1 Å². The molecule has 0 aliphatic carbocycles. The Hall–Kier alpha value is -1.81. The smallest absolute Gasteiger partial charge is 0.145 e. The van der Waals surface area contributed by atoms with Crippen molar-refractivity contribution in [2.45, 2.75) is 13.0 Å². The molecule has 0 saturated carbocycles. The van der Waals surface area contributed by atoms with Crippen LogP contribution in [-0.2, 0) is 0 Å². The van der Waals surface area contributed by atoms with Crippen LogP contribution in [0.15, 0.2) is 36.8 Å². The van der Waals surface area contributed by atoms with Crippen molar-refractivity contribution in [3.63, 3.8) is 0 Å². The first kappa shape index (κ1) is 11.7. The Labute approximate surface area is 105 Å². The number of pyridine rings is 2. The van der Waals surface area contributed by atoms with E-state index in [-0.39, 0.29) is 6.04 Å². The van der Waals surface area contributed by atoms with Gasteiger partial charge in [-0.25, -0.2) is 4.98 Å². The van der Waals surface area contributed by atoms with Crippen LogP contribution >= 0.6 is 11.6 Å². The lowest BCUT2D eigenvalue weighted by Crippen LogP contribution is -2.08. The van der Waals surface area contributed by atoms with Crippen LogP contribution in [0.5, 0.6) is 0 Å². The molecule has 0 bridgehead atoms. The highest BCUT2D eigenvalue weighted by Crippen LogP contribution is 2.25. The van der Waals surface area contributed by atoms with Crippen molar-refractivity contribution in [2.75, 3.05) is 11.1 Å². The second kappa shape index (κ2) is 5.01. The molecule has 88 valence electrons. The molecule has 0 saturated heterocycles. The van der Waals surface area contributed by atoms with Crippen LogP contribution in [0, 0.1) is 0 Å². The van der Waals surface area contributed by atoms with Gasteiger partial charge in [0.2, 0.25) is 0 Å². The average Bonchev–Trinajstić information content (AvgIpc) is 2.34. The van der Waals surface area contributed by atoms with Crippen LogP contribution in [0.1, 0.15) is 18.5 Å². The zero-order valence-corrected chi connectivity index (χ0v) is 10.1. The Morgan fingerprint density at radius 1 is 1.41 bits per heavy atom. The number of rotatable bonds is 3. The molecule has 2 rings (SSSR count). The summed E-state index contributed by atoms with van der Waals surface area (Å²) in [5.41, 5.74) is 7.21. The first-order valence-electron chi connectivity index (χ1n) is 5.24. The lowest BCUT2D eigenvalue weighted by molar-refractivity contribution is 0.866. The van der Waals surface area contributed by atoms with Crippen LogP contribution in [0.3, 0.4) is 0 Å². The van der Waals surface area contributed by atoms with Crippen LogP contribution in [0.4, 0.5) is 11.5 Å². The van der Waals surface area contributed by atoms with Crippen LogP contribution in [0.2, 0.25) is 5.02 Å². The molecule has 17 heavy (non-hydrogen) atoms. The molecule has 5 heteroatoms. The average molecular weight is 249 g/mol. The number of aromatic nitrogens is 2. The molecule has 1 unspecified atom stereocenters. The Bertz CT molecular complexity index is 501. The quantitative estimate of drug-likeness (QED) is 0.877. The summed E-state index contributed by atoms with van der Waals surface area (Å²) in [5, 5.41) is 3.73. The molecule has 0 radical (unpaired) electrons. The van der Waals surface area contributed by atoms with E-state index in [4.69, 9.17) is 17.3 Å². The third kappa shape index (κ3) is 2.85. The van der Waals surface area contributed by atoms with E-state index >= 15 is 0 Å². The summed E-state index contributed by atoms with van der Waals surface area (Å²) in [7, 11) is 0. The van der Waals surface area contributed by atoms with Gasteiger partial charge in [-0.1, -0.05) is 17.7 Å². The molecule has 0 aliphatic rings. The Morgan fingerprint density at radius 2 is 2.24 bits per heavy atom. The summed E-state index contributed by atoms with van der Waals surface area (Å²) in [5.74, 6) is 0.622. The molecule has 2 aromatic heterocycles. The van der Waals surface area contributed by atoms with Crippen LogP contribution < -0.4 is 11.1 Å². The maximum atomic E-state index is 6.04. The van der Waals surface area contributed by atoms with Gasteiger partial charge in [-0.05, 0) is 24.6 Å². The van der Waals surface area contributed by atoms with Crippen molar-refractivity contribution in [1.29, 1.82) is 0 Å². The predicted octanol–water partition coefficient (Wildman–Crippen LogP) is 2.89. The molecule has 0 amide bonds. The lowest BCUT2D eigenvalue weighted by Gasteiger charge is -2.15. The zero-order valence-electron chi connectivity index (χ0n) is 9.39. The SMILES string of the molecule is CC(Nc1ncc(N)cc1Cl)c1cccnc1. The minimum atomic E-state index is 0.0809. The summed E-state index contributed by atoms with van der Waals surface area (Å²) in [4.78, 5) is 8.23. The monoisotopic (exact) mass is 248 g/mol. The molecule has 0 aliphatic heterocycles. The van der Waals surface area contributed by atoms with Gasteiger partial charge in [0.05, 0.1) is 22.9 Å². The molecule has 0 spiro atoms. The molecular formula is C12H13ClN4. The Balaban J connectivity index is 2.16.